The number of nitrogens with zero attached hydrogens (tertiary/aromatic N) is 1. The van der Waals surface area contributed by atoms with Crippen molar-refractivity contribution in [2.75, 3.05) is 13.2 Å². The summed E-state index contributed by atoms with van der Waals surface area (Å²) in [5.41, 5.74) is 0. The number of aliphatic hydroxyl groups is 1. The monoisotopic (exact) mass is 351 g/mol. The quantitative estimate of drug-likeness (QED) is 0.885. The fourth-order valence-electron chi connectivity index (χ4n) is 2.74. The van der Waals surface area contributed by atoms with E-state index in [-0.39, 0.29) is 29.1 Å². The van der Waals surface area contributed by atoms with Gasteiger partial charge in [0.2, 0.25) is 10.0 Å². The largest absolute Gasteiger partial charge is 0.395 e. The van der Waals surface area contributed by atoms with E-state index in [1.807, 2.05) is 0 Å². The molecule has 21 heavy (non-hydrogen) atoms. The first kappa shape index (κ1) is 17.0. The van der Waals surface area contributed by atoms with Gasteiger partial charge in [-0.3, -0.25) is 0 Å². The summed E-state index contributed by atoms with van der Waals surface area (Å²) < 4.78 is 27.0. The average molecular weight is 352 g/mol. The molecule has 0 aromatic heterocycles. The molecule has 1 aromatic rings. The van der Waals surface area contributed by atoms with Crippen LogP contribution in [0.1, 0.15) is 32.1 Å². The highest BCUT2D eigenvalue weighted by Gasteiger charge is 2.32. The number of hydrogen-bond donors (Lipinski definition) is 1. The summed E-state index contributed by atoms with van der Waals surface area (Å²) in [6, 6.07) is 4.25. The lowest BCUT2D eigenvalue weighted by Crippen LogP contribution is -2.43. The Labute approximate surface area is 135 Å². The van der Waals surface area contributed by atoms with Crippen LogP contribution < -0.4 is 0 Å². The van der Waals surface area contributed by atoms with Gasteiger partial charge in [-0.25, -0.2) is 8.42 Å². The van der Waals surface area contributed by atoms with Crippen LogP contribution in [0.4, 0.5) is 0 Å². The molecule has 0 bridgehead atoms. The number of hydrogen-bond acceptors (Lipinski definition) is 3. The summed E-state index contributed by atoms with van der Waals surface area (Å²) in [5, 5.41) is 9.76. The average Bonchev–Trinajstić information content (AvgIpc) is 2.48. The minimum absolute atomic E-state index is 0.0506. The van der Waals surface area contributed by atoms with Gasteiger partial charge in [-0.05, 0) is 31.0 Å². The molecule has 0 atom stereocenters. The zero-order chi connectivity index (χ0) is 15.5. The van der Waals surface area contributed by atoms with Crippen LogP contribution in [0.3, 0.4) is 0 Å². The summed E-state index contributed by atoms with van der Waals surface area (Å²) in [7, 11) is -3.67. The molecular weight excluding hydrogens is 333 g/mol. The highest BCUT2D eigenvalue weighted by atomic mass is 35.5. The molecule has 7 heteroatoms. The highest BCUT2D eigenvalue weighted by molar-refractivity contribution is 7.89. The summed E-state index contributed by atoms with van der Waals surface area (Å²) in [4.78, 5) is 0.121. The van der Waals surface area contributed by atoms with Gasteiger partial charge in [0.15, 0.2) is 0 Å². The van der Waals surface area contributed by atoms with E-state index in [2.05, 4.69) is 0 Å². The van der Waals surface area contributed by atoms with Crippen LogP contribution in [0.5, 0.6) is 0 Å². The van der Waals surface area contributed by atoms with Crippen LogP contribution in [0.15, 0.2) is 23.1 Å². The fourth-order valence-corrected chi connectivity index (χ4v) is 4.80. The van der Waals surface area contributed by atoms with E-state index in [0.717, 1.165) is 32.1 Å². The number of aliphatic hydroxyl groups excluding tert-OH is 1. The van der Waals surface area contributed by atoms with Crippen LogP contribution in [0, 0.1) is 0 Å². The lowest BCUT2D eigenvalue weighted by Gasteiger charge is -2.33. The van der Waals surface area contributed by atoms with Gasteiger partial charge in [-0.15, -0.1) is 0 Å². The SMILES string of the molecule is O=S(=O)(c1ccc(Cl)c(Cl)c1)N(CCO)C1CCCCC1. The second-order valence-electron chi connectivity index (χ2n) is 5.21. The molecule has 1 aliphatic rings. The van der Waals surface area contributed by atoms with Crippen molar-refractivity contribution >= 4 is 33.2 Å². The van der Waals surface area contributed by atoms with Crippen molar-refractivity contribution in [3.63, 3.8) is 0 Å². The van der Waals surface area contributed by atoms with Crippen molar-refractivity contribution in [3.05, 3.63) is 28.2 Å². The molecule has 118 valence electrons. The Kier molecular flexibility index (Phi) is 5.91. The van der Waals surface area contributed by atoms with E-state index >= 15 is 0 Å². The summed E-state index contributed by atoms with van der Waals surface area (Å²) in [6.07, 6.45) is 4.84. The smallest absolute Gasteiger partial charge is 0.243 e. The highest BCUT2D eigenvalue weighted by Crippen LogP contribution is 2.30. The number of benzene rings is 1. The first-order valence-electron chi connectivity index (χ1n) is 7.04. The third kappa shape index (κ3) is 3.90. The molecule has 1 aromatic carbocycles. The maximum absolute atomic E-state index is 12.8. The zero-order valence-corrected chi connectivity index (χ0v) is 14.0. The van der Waals surface area contributed by atoms with Crippen LogP contribution >= 0.6 is 23.2 Å². The van der Waals surface area contributed by atoms with Crippen LogP contribution in [-0.2, 0) is 10.0 Å². The predicted molar refractivity (Wildman–Crippen MR) is 84.3 cm³/mol. The van der Waals surface area contributed by atoms with Gasteiger partial charge in [0.25, 0.3) is 0 Å². The van der Waals surface area contributed by atoms with Gasteiger partial charge in [-0.2, -0.15) is 4.31 Å². The normalized spacial score (nSPS) is 17.3. The molecule has 0 unspecified atom stereocenters. The van der Waals surface area contributed by atoms with E-state index < -0.39 is 10.0 Å². The minimum Gasteiger partial charge on any atom is -0.395 e. The van der Waals surface area contributed by atoms with E-state index in [4.69, 9.17) is 23.2 Å². The van der Waals surface area contributed by atoms with E-state index in [1.165, 1.54) is 22.5 Å². The van der Waals surface area contributed by atoms with Gasteiger partial charge in [0.1, 0.15) is 0 Å². The second-order valence-corrected chi connectivity index (χ2v) is 7.91. The molecule has 0 aliphatic heterocycles. The van der Waals surface area contributed by atoms with Crippen LogP contribution in [0.25, 0.3) is 0 Å². The van der Waals surface area contributed by atoms with Crippen molar-refractivity contribution in [2.45, 2.75) is 43.0 Å². The summed E-state index contributed by atoms with van der Waals surface area (Å²) in [6.45, 7) is -0.0930. The Hall–Kier alpha value is -0.330. The molecule has 2 rings (SSSR count). The standard InChI is InChI=1S/C14H19Cl2NO3S/c15-13-7-6-12(10-14(13)16)21(19,20)17(8-9-18)11-4-2-1-3-5-11/h6-7,10-11,18H,1-5,8-9H2. The molecule has 0 saturated heterocycles. The van der Waals surface area contributed by atoms with Crippen molar-refractivity contribution in [1.82, 2.24) is 4.31 Å². The molecule has 0 amide bonds. The molecule has 1 N–H and O–H groups in total. The number of sulfonamides is 1. The molecule has 0 spiro atoms. The van der Waals surface area contributed by atoms with Gasteiger partial charge in [0.05, 0.1) is 21.5 Å². The van der Waals surface area contributed by atoms with E-state index in [0.29, 0.717) is 5.02 Å². The Morgan fingerprint density at radius 3 is 2.38 bits per heavy atom. The van der Waals surface area contributed by atoms with Crippen molar-refractivity contribution < 1.29 is 13.5 Å². The first-order valence-corrected chi connectivity index (χ1v) is 9.24. The van der Waals surface area contributed by atoms with Crippen molar-refractivity contribution in [2.24, 2.45) is 0 Å². The minimum atomic E-state index is -3.67. The predicted octanol–water partition coefficient (Wildman–Crippen LogP) is 3.31. The Bertz CT molecular complexity index is 586. The van der Waals surface area contributed by atoms with Gasteiger partial charge >= 0.3 is 0 Å². The molecule has 0 heterocycles. The third-order valence-electron chi connectivity index (χ3n) is 3.80. The summed E-state index contributed by atoms with van der Waals surface area (Å²) in [5.74, 6) is 0. The maximum atomic E-state index is 12.8. The molecule has 1 fully saturated rings. The van der Waals surface area contributed by atoms with Gasteiger partial charge in [-0.1, -0.05) is 42.5 Å². The van der Waals surface area contributed by atoms with Crippen molar-refractivity contribution in [1.29, 1.82) is 0 Å². The van der Waals surface area contributed by atoms with Crippen LogP contribution in [-0.4, -0.2) is 37.0 Å². The Balaban J connectivity index is 2.34. The van der Waals surface area contributed by atoms with Crippen LogP contribution in [0.2, 0.25) is 10.0 Å². The molecule has 4 nitrogen and oxygen atoms in total. The third-order valence-corrected chi connectivity index (χ3v) is 6.49. The summed E-state index contributed by atoms with van der Waals surface area (Å²) >= 11 is 11.8. The van der Waals surface area contributed by atoms with E-state index in [1.54, 1.807) is 0 Å². The van der Waals surface area contributed by atoms with Crippen molar-refractivity contribution in [3.8, 4) is 0 Å². The maximum Gasteiger partial charge on any atom is 0.243 e. The first-order chi connectivity index (χ1) is 9.96. The molecular formula is C14H19Cl2NO3S. The zero-order valence-electron chi connectivity index (χ0n) is 11.6. The van der Waals surface area contributed by atoms with Gasteiger partial charge < -0.3 is 5.11 Å². The van der Waals surface area contributed by atoms with E-state index in [9.17, 15) is 13.5 Å². The second kappa shape index (κ2) is 7.29. The lowest BCUT2D eigenvalue weighted by molar-refractivity contribution is 0.199. The number of rotatable bonds is 5. The lowest BCUT2D eigenvalue weighted by atomic mass is 9.95. The molecule has 1 saturated carbocycles. The Morgan fingerprint density at radius 2 is 1.81 bits per heavy atom. The topological polar surface area (TPSA) is 57.6 Å². The van der Waals surface area contributed by atoms with Gasteiger partial charge in [0, 0.05) is 12.6 Å². The Morgan fingerprint density at radius 1 is 1.14 bits per heavy atom. The number of halogens is 2. The fraction of sp³-hybridized carbons (Fsp3) is 0.571. The molecule has 0 radical (unpaired) electrons. The molecule has 1 aliphatic carbocycles.